The quantitative estimate of drug-likeness (QED) is 0.0199. The van der Waals surface area contributed by atoms with Gasteiger partial charge in [0.25, 0.3) is 0 Å². The van der Waals surface area contributed by atoms with E-state index in [0.717, 1.165) is 51.4 Å². The molecule has 12 N–H and O–H groups in total. The summed E-state index contributed by atoms with van der Waals surface area (Å²) in [6.07, 6.45) is 49.9. The maximum atomic E-state index is 13.5. The molecule has 100 heavy (non-hydrogen) atoms. The van der Waals surface area contributed by atoms with Crippen LogP contribution < -0.4 is 5.32 Å². The molecule has 0 radical (unpaired) electrons. The van der Waals surface area contributed by atoms with Crippen molar-refractivity contribution in [3.8, 4) is 0 Å². The van der Waals surface area contributed by atoms with Crippen LogP contribution in [0.25, 0.3) is 0 Å². The fraction of sp³-hybridized carbons (Fsp3) is 0.914. The number of hydrogen-bond acceptors (Lipinski definition) is 18. The molecule has 0 spiro atoms. The second-order valence-electron chi connectivity index (χ2n) is 29.6. The first-order valence-electron chi connectivity index (χ1n) is 41.2. The number of nitrogens with one attached hydrogen (secondary N) is 1. The number of aliphatic hydroxyl groups is 11. The van der Waals surface area contributed by atoms with Gasteiger partial charge in [0.05, 0.1) is 38.6 Å². The van der Waals surface area contributed by atoms with E-state index < -0.39 is 124 Å². The van der Waals surface area contributed by atoms with Crippen LogP contribution in [0.3, 0.4) is 0 Å². The number of rotatable bonds is 66. The minimum absolute atomic E-state index is 0.247. The summed E-state index contributed by atoms with van der Waals surface area (Å²) in [5, 5.41) is 121. The van der Waals surface area contributed by atoms with Gasteiger partial charge in [0, 0.05) is 6.42 Å². The second kappa shape index (κ2) is 62.1. The average molecular weight is 1430 g/mol. The third kappa shape index (κ3) is 41.8. The first-order chi connectivity index (χ1) is 48.8. The number of hydrogen-bond donors (Lipinski definition) is 12. The number of ether oxygens (including phenoxy) is 6. The number of aliphatic hydroxyl groups excluding tert-OH is 11. The standard InChI is InChI=1S/C81H151NO18/c1-3-5-7-9-11-13-15-17-19-21-23-25-27-29-30-31-32-33-34-35-37-39-41-43-45-47-49-51-53-55-57-59-69(87)82-64(65(86)58-56-54-52-50-48-46-44-42-40-38-36-28-26-24-22-20-18-16-14-12-10-8-6-4-2)63-95-79-75(93)72(90)77(67(61-84)97-79)100-81-76(94)73(91)78(68(62-85)98-81)99-80-74(92)71(89)70(88)66(60-83)96-80/h15,17,21,23,56,58,64-68,70-81,83-86,88-94H,3-14,16,18-20,22,24-55,57,59-63H2,1-2H3,(H,82,87)/b17-15-,23-21-,58-56+. The number of allylic oxidation sites excluding steroid dienone is 5. The molecule has 17 unspecified atom stereocenters. The smallest absolute Gasteiger partial charge is 0.220 e. The van der Waals surface area contributed by atoms with Gasteiger partial charge in [-0.2, -0.15) is 0 Å². The molecule has 0 aliphatic carbocycles. The Morgan fingerprint density at radius 3 is 1.02 bits per heavy atom. The van der Waals surface area contributed by atoms with E-state index in [2.05, 4.69) is 43.5 Å². The molecule has 3 rings (SSSR count). The Bertz CT molecular complexity index is 1950. The summed E-state index contributed by atoms with van der Waals surface area (Å²) in [6, 6.07) is -0.973. The molecule has 0 bridgehead atoms. The highest BCUT2D eigenvalue weighted by molar-refractivity contribution is 5.76. The van der Waals surface area contributed by atoms with Gasteiger partial charge in [-0.25, -0.2) is 0 Å². The lowest BCUT2D eigenvalue weighted by atomic mass is 9.96. The molecule has 1 amide bonds. The lowest BCUT2D eigenvalue weighted by Gasteiger charge is -2.48. The van der Waals surface area contributed by atoms with Crippen LogP contribution in [-0.4, -0.2) is 193 Å². The van der Waals surface area contributed by atoms with E-state index in [-0.39, 0.29) is 18.9 Å². The van der Waals surface area contributed by atoms with Crippen LogP contribution in [-0.2, 0) is 33.2 Å². The van der Waals surface area contributed by atoms with E-state index in [1.54, 1.807) is 6.08 Å². The van der Waals surface area contributed by atoms with Crippen LogP contribution in [0.15, 0.2) is 36.5 Å². The van der Waals surface area contributed by atoms with Gasteiger partial charge >= 0.3 is 0 Å². The van der Waals surface area contributed by atoms with Crippen molar-refractivity contribution in [2.75, 3.05) is 26.4 Å². The lowest BCUT2D eigenvalue weighted by molar-refractivity contribution is -0.379. The molecule has 3 saturated heterocycles. The molecule has 0 saturated carbocycles. The Morgan fingerprint density at radius 1 is 0.360 bits per heavy atom. The van der Waals surface area contributed by atoms with Crippen molar-refractivity contribution < 1.29 is 89.4 Å². The van der Waals surface area contributed by atoms with Gasteiger partial charge in [0.2, 0.25) is 5.91 Å². The predicted molar refractivity (Wildman–Crippen MR) is 397 cm³/mol. The highest BCUT2D eigenvalue weighted by Gasteiger charge is 2.54. The van der Waals surface area contributed by atoms with Gasteiger partial charge < -0.3 is 89.9 Å². The van der Waals surface area contributed by atoms with Gasteiger partial charge in [-0.05, 0) is 51.4 Å². The van der Waals surface area contributed by atoms with E-state index in [1.807, 2.05) is 6.08 Å². The minimum atomic E-state index is -1.98. The number of carbonyl (C=O) groups is 1. The average Bonchev–Trinajstić information content (AvgIpc) is 0.783. The van der Waals surface area contributed by atoms with Crippen molar-refractivity contribution in [2.24, 2.45) is 0 Å². The van der Waals surface area contributed by atoms with Crippen molar-refractivity contribution in [1.29, 1.82) is 0 Å². The Balaban J connectivity index is 1.36. The molecule has 17 atom stereocenters. The van der Waals surface area contributed by atoms with Gasteiger partial charge in [0.15, 0.2) is 18.9 Å². The Hall–Kier alpha value is -1.99. The van der Waals surface area contributed by atoms with Gasteiger partial charge in [-0.1, -0.05) is 320 Å². The number of amides is 1. The molecule has 3 heterocycles. The summed E-state index contributed by atoms with van der Waals surface area (Å²) < 4.78 is 34.5. The van der Waals surface area contributed by atoms with Gasteiger partial charge in [-0.15, -0.1) is 0 Å². The zero-order valence-corrected chi connectivity index (χ0v) is 62.9. The largest absolute Gasteiger partial charge is 0.394 e. The predicted octanol–water partition coefficient (Wildman–Crippen LogP) is 13.9. The van der Waals surface area contributed by atoms with E-state index in [9.17, 15) is 61.0 Å². The lowest BCUT2D eigenvalue weighted by Crippen LogP contribution is -2.66. The maximum absolute atomic E-state index is 13.5. The maximum Gasteiger partial charge on any atom is 0.220 e. The molecule has 3 fully saturated rings. The third-order valence-corrected chi connectivity index (χ3v) is 20.7. The van der Waals surface area contributed by atoms with Crippen molar-refractivity contribution in [2.45, 2.75) is 446 Å². The summed E-state index contributed by atoms with van der Waals surface area (Å²) in [6.45, 7) is 1.78. The molecule has 19 nitrogen and oxygen atoms in total. The first kappa shape index (κ1) is 92.2. The van der Waals surface area contributed by atoms with Gasteiger partial charge in [0.1, 0.15) is 73.2 Å². The summed E-state index contributed by atoms with van der Waals surface area (Å²) in [7, 11) is 0. The van der Waals surface area contributed by atoms with Crippen LogP contribution >= 0.6 is 0 Å². The molecule has 588 valence electrons. The second-order valence-corrected chi connectivity index (χ2v) is 29.6. The zero-order valence-electron chi connectivity index (χ0n) is 62.9. The van der Waals surface area contributed by atoms with Crippen LogP contribution in [0.4, 0.5) is 0 Å². The zero-order chi connectivity index (χ0) is 72.5. The van der Waals surface area contributed by atoms with E-state index >= 15 is 0 Å². The third-order valence-electron chi connectivity index (χ3n) is 20.7. The number of unbranched alkanes of at least 4 members (excludes halogenated alkanes) is 46. The summed E-state index contributed by atoms with van der Waals surface area (Å²) >= 11 is 0. The van der Waals surface area contributed by atoms with E-state index in [4.69, 9.17) is 28.4 Å². The summed E-state index contributed by atoms with van der Waals surface area (Å²) in [4.78, 5) is 13.5. The van der Waals surface area contributed by atoms with Crippen molar-refractivity contribution in [3.05, 3.63) is 36.5 Å². The van der Waals surface area contributed by atoms with Crippen LogP contribution in [0.5, 0.6) is 0 Å². The molecular formula is C81H151NO18. The normalized spacial score (nSPS) is 26.6. The first-order valence-corrected chi connectivity index (χ1v) is 41.2. The highest BCUT2D eigenvalue weighted by Crippen LogP contribution is 2.33. The molecule has 3 aliphatic rings. The van der Waals surface area contributed by atoms with Crippen molar-refractivity contribution in [1.82, 2.24) is 5.32 Å². The fourth-order valence-electron chi connectivity index (χ4n) is 14.1. The minimum Gasteiger partial charge on any atom is -0.394 e. The summed E-state index contributed by atoms with van der Waals surface area (Å²) in [5.41, 5.74) is 0. The summed E-state index contributed by atoms with van der Waals surface area (Å²) in [5.74, 6) is -0.269. The highest BCUT2D eigenvalue weighted by atomic mass is 16.8. The molecule has 3 aliphatic heterocycles. The molecule has 0 aromatic rings. The Kier molecular flexibility index (Phi) is 57.3. The molecule has 0 aromatic heterocycles. The Labute approximate surface area is 606 Å². The number of carbonyl (C=O) groups excluding carboxylic acids is 1. The van der Waals surface area contributed by atoms with Gasteiger partial charge in [-0.3, -0.25) is 4.79 Å². The van der Waals surface area contributed by atoms with Crippen molar-refractivity contribution >= 4 is 5.91 Å². The molecule has 19 heteroatoms. The van der Waals surface area contributed by atoms with E-state index in [1.165, 1.54) is 263 Å². The Morgan fingerprint density at radius 2 is 0.660 bits per heavy atom. The molecule has 0 aromatic carbocycles. The molecular weight excluding hydrogens is 1270 g/mol. The van der Waals surface area contributed by atoms with E-state index in [0.29, 0.717) is 6.42 Å². The topological polar surface area (TPSA) is 307 Å². The fourth-order valence-corrected chi connectivity index (χ4v) is 14.1. The van der Waals surface area contributed by atoms with Crippen LogP contribution in [0, 0.1) is 0 Å². The SMILES string of the molecule is CCCCCCC/C=C\C/C=C\CCCCCCCCCCCCCCCCCCCCCC(=O)NC(COC1OC(CO)C(OC2OC(CO)C(OC3OC(CO)C(O)C(O)C3O)C(O)C2O)C(O)C1O)C(O)/C=C/CCCCCCCCCCCCCCCCCCCCCCCC. The van der Waals surface area contributed by atoms with Crippen LogP contribution in [0.2, 0.25) is 0 Å². The van der Waals surface area contributed by atoms with Crippen molar-refractivity contribution in [3.63, 3.8) is 0 Å². The van der Waals surface area contributed by atoms with Crippen LogP contribution in [0.1, 0.15) is 341 Å². The monoisotopic (exact) mass is 1430 g/mol.